The predicted octanol–water partition coefficient (Wildman–Crippen LogP) is 2.60. The standard InChI is InChI=1S/C19H29FN2O2S/c1-24-18-3-2-15(19(20)12-18)13-21-7-8-22(14-17(21)4-9-23)16-5-10-25-11-6-16/h2-3,12,16-17,23H,4-11,13-14H2,1H3. The van der Waals surface area contributed by atoms with E-state index in [1.807, 2.05) is 12.1 Å². The van der Waals surface area contributed by atoms with Crippen molar-refractivity contribution in [3.8, 4) is 5.75 Å². The zero-order chi connectivity index (χ0) is 17.6. The predicted molar refractivity (Wildman–Crippen MR) is 101 cm³/mol. The second kappa shape index (κ2) is 9.21. The van der Waals surface area contributed by atoms with Crippen LogP contribution in [0.4, 0.5) is 4.39 Å². The summed E-state index contributed by atoms with van der Waals surface area (Å²) in [7, 11) is 1.55. The first-order valence-corrected chi connectivity index (χ1v) is 10.4. The third-order valence-electron chi connectivity index (χ3n) is 5.44. The molecule has 1 atom stereocenters. The van der Waals surface area contributed by atoms with E-state index in [1.165, 1.54) is 30.4 Å². The number of thioether (sulfide) groups is 1. The monoisotopic (exact) mass is 368 g/mol. The van der Waals surface area contributed by atoms with Gasteiger partial charge in [-0.05, 0) is 36.8 Å². The van der Waals surface area contributed by atoms with Gasteiger partial charge in [-0.15, -0.1) is 0 Å². The minimum Gasteiger partial charge on any atom is -0.497 e. The van der Waals surface area contributed by atoms with Gasteiger partial charge in [-0.25, -0.2) is 4.39 Å². The highest BCUT2D eigenvalue weighted by atomic mass is 32.2. The van der Waals surface area contributed by atoms with Gasteiger partial charge in [0.05, 0.1) is 7.11 Å². The molecule has 4 nitrogen and oxygen atoms in total. The highest BCUT2D eigenvalue weighted by Crippen LogP contribution is 2.26. The number of nitrogens with zero attached hydrogens (tertiary/aromatic N) is 2. The molecule has 6 heteroatoms. The van der Waals surface area contributed by atoms with E-state index >= 15 is 0 Å². The lowest BCUT2D eigenvalue weighted by Crippen LogP contribution is -2.56. The van der Waals surface area contributed by atoms with Crippen LogP contribution < -0.4 is 4.74 Å². The van der Waals surface area contributed by atoms with Gasteiger partial charge in [0, 0.05) is 56.5 Å². The van der Waals surface area contributed by atoms with Gasteiger partial charge in [0.25, 0.3) is 0 Å². The van der Waals surface area contributed by atoms with Crippen molar-refractivity contribution in [1.29, 1.82) is 0 Å². The maximum Gasteiger partial charge on any atom is 0.131 e. The minimum atomic E-state index is -0.214. The zero-order valence-corrected chi connectivity index (χ0v) is 15.8. The Balaban J connectivity index is 1.64. The van der Waals surface area contributed by atoms with E-state index < -0.39 is 0 Å². The Kier molecular flexibility index (Phi) is 6.99. The topological polar surface area (TPSA) is 35.9 Å². The van der Waals surface area contributed by atoms with Crippen LogP contribution in [-0.4, -0.2) is 71.8 Å². The molecule has 0 bridgehead atoms. The van der Waals surface area contributed by atoms with Crippen molar-refractivity contribution in [3.05, 3.63) is 29.6 Å². The van der Waals surface area contributed by atoms with Gasteiger partial charge in [0.2, 0.25) is 0 Å². The molecule has 1 unspecified atom stereocenters. The first-order chi connectivity index (χ1) is 12.2. The van der Waals surface area contributed by atoms with Crippen molar-refractivity contribution < 1.29 is 14.2 Å². The van der Waals surface area contributed by atoms with Gasteiger partial charge < -0.3 is 9.84 Å². The van der Waals surface area contributed by atoms with Gasteiger partial charge in [-0.3, -0.25) is 9.80 Å². The molecular weight excluding hydrogens is 339 g/mol. The number of aliphatic hydroxyl groups excluding tert-OH is 1. The van der Waals surface area contributed by atoms with Gasteiger partial charge in [0.1, 0.15) is 11.6 Å². The molecule has 1 aromatic rings. The maximum absolute atomic E-state index is 14.3. The second-order valence-corrected chi connectivity index (χ2v) is 8.16. The second-order valence-electron chi connectivity index (χ2n) is 6.93. The summed E-state index contributed by atoms with van der Waals surface area (Å²) in [6.45, 7) is 3.72. The molecule has 140 valence electrons. The van der Waals surface area contributed by atoms with E-state index in [2.05, 4.69) is 21.6 Å². The molecule has 0 saturated carbocycles. The molecule has 2 fully saturated rings. The Morgan fingerprint density at radius 3 is 2.76 bits per heavy atom. The summed E-state index contributed by atoms with van der Waals surface area (Å²) in [5, 5.41) is 9.48. The van der Waals surface area contributed by atoms with Crippen molar-refractivity contribution in [2.45, 2.75) is 37.9 Å². The highest BCUT2D eigenvalue weighted by Gasteiger charge is 2.31. The average Bonchev–Trinajstić information content (AvgIpc) is 2.65. The lowest BCUT2D eigenvalue weighted by molar-refractivity contribution is 0.0287. The Hall–Kier alpha value is -0.820. The first kappa shape index (κ1) is 19.0. The van der Waals surface area contributed by atoms with Crippen LogP contribution in [0.1, 0.15) is 24.8 Å². The van der Waals surface area contributed by atoms with Crippen molar-refractivity contribution in [3.63, 3.8) is 0 Å². The summed E-state index contributed by atoms with van der Waals surface area (Å²) in [5.74, 6) is 2.85. The molecule has 1 aromatic carbocycles. The molecule has 0 aromatic heterocycles. The number of hydrogen-bond donors (Lipinski definition) is 1. The van der Waals surface area contributed by atoms with Gasteiger partial charge in [-0.2, -0.15) is 11.8 Å². The normalized spacial score (nSPS) is 23.7. The van der Waals surface area contributed by atoms with E-state index in [0.717, 1.165) is 26.1 Å². The smallest absolute Gasteiger partial charge is 0.131 e. The fraction of sp³-hybridized carbons (Fsp3) is 0.684. The van der Waals surface area contributed by atoms with Crippen LogP contribution >= 0.6 is 11.8 Å². The third kappa shape index (κ3) is 4.88. The summed E-state index contributed by atoms with van der Waals surface area (Å²) in [6.07, 6.45) is 3.28. The highest BCUT2D eigenvalue weighted by molar-refractivity contribution is 7.99. The minimum absolute atomic E-state index is 0.181. The fourth-order valence-corrected chi connectivity index (χ4v) is 5.01. The molecule has 0 amide bonds. The molecule has 2 saturated heterocycles. The molecule has 0 aliphatic carbocycles. The fourth-order valence-electron chi connectivity index (χ4n) is 3.93. The van der Waals surface area contributed by atoms with Crippen molar-refractivity contribution in [1.82, 2.24) is 9.80 Å². The largest absolute Gasteiger partial charge is 0.497 e. The summed E-state index contributed by atoms with van der Waals surface area (Å²) in [4.78, 5) is 4.93. The number of aliphatic hydroxyl groups is 1. The van der Waals surface area contributed by atoms with E-state index in [9.17, 15) is 9.50 Å². The molecule has 25 heavy (non-hydrogen) atoms. The van der Waals surface area contributed by atoms with Crippen LogP contribution in [0.25, 0.3) is 0 Å². The average molecular weight is 369 g/mol. The van der Waals surface area contributed by atoms with Crippen LogP contribution in [0, 0.1) is 5.82 Å². The Morgan fingerprint density at radius 1 is 1.28 bits per heavy atom. The maximum atomic E-state index is 14.3. The SMILES string of the molecule is COc1ccc(CN2CCN(C3CCSCC3)CC2CCO)c(F)c1. The van der Waals surface area contributed by atoms with Crippen LogP contribution in [0.15, 0.2) is 18.2 Å². The molecule has 0 spiro atoms. The van der Waals surface area contributed by atoms with Crippen molar-refractivity contribution in [2.24, 2.45) is 0 Å². The summed E-state index contributed by atoms with van der Waals surface area (Å²) >= 11 is 2.05. The van der Waals surface area contributed by atoms with Crippen LogP contribution in [-0.2, 0) is 6.54 Å². The molecular formula is C19H29FN2O2S. The number of hydrogen-bond acceptors (Lipinski definition) is 5. The number of halogens is 1. The summed E-state index contributed by atoms with van der Waals surface area (Å²) in [6, 6.07) is 6.05. The lowest BCUT2D eigenvalue weighted by Gasteiger charge is -2.45. The van der Waals surface area contributed by atoms with Crippen molar-refractivity contribution >= 4 is 11.8 Å². The number of benzene rings is 1. The van der Waals surface area contributed by atoms with Gasteiger partial charge >= 0.3 is 0 Å². The van der Waals surface area contributed by atoms with Crippen LogP contribution in [0.2, 0.25) is 0 Å². The van der Waals surface area contributed by atoms with Crippen LogP contribution in [0.3, 0.4) is 0 Å². The third-order valence-corrected chi connectivity index (χ3v) is 6.49. The Bertz CT molecular complexity index is 554. The quantitative estimate of drug-likeness (QED) is 0.835. The molecule has 3 rings (SSSR count). The summed E-state index contributed by atoms with van der Waals surface area (Å²) in [5.41, 5.74) is 0.700. The van der Waals surface area contributed by atoms with E-state index in [-0.39, 0.29) is 18.5 Å². The molecule has 2 heterocycles. The molecule has 0 radical (unpaired) electrons. The lowest BCUT2D eigenvalue weighted by atomic mass is 10.0. The zero-order valence-electron chi connectivity index (χ0n) is 15.0. The molecule has 1 N–H and O–H groups in total. The van der Waals surface area contributed by atoms with Gasteiger partial charge in [-0.1, -0.05) is 6.07 Å². The number of rotatable bonds is 6. The first-order valence-electron chi connectivity index (χ1n) is 9.20. The number of ether oxygens (including phenoxy) is 1. The Morgan fingerprint density at radius 2 is 2.08 bits per heavy atom. The van der Waals surface area contributed by atoms with Crippen molar-refractivity contribution in [2.75, 3.05) is 44.9 Å². The van der Waals surface area contributed by atoms with Gasteiger partial charge in [0.15, 0.2) is 0 Å². The summed E-state index contributed by atoms with van der Waals surface area (Å²) < 4.78 is 19.4. The van der Waals surface area contributed by atoms with E-state index in [1.54, 1.807) is 7.11 Å². The Labute approximate surface area is 154 Å². The number of methoxy groups -OCH3 is 1. The molecule has 2 aliphatic rings. The molecule has 2 aliphatic heterocycles. The van der Waals surface area contributed by atoms with E-state index in [0.29, 0.717) is 23.9 Å². The van der Waals surface area contributed by atoms with E-state index in [4.69, 9.17) is 4.74 Å². The number of piperazine rings is 1. The van der Waals surface area contributed by atoms with Crippen LogP contribution in [0.5, 0.6) is 5.75 Å².